The normalized spacial score (nSPS) is 10.7. The number of nitrogens with one attached hydrogen (secondary N) is 1. The van der Waals surface area contributed by atoms with Gasteiger partial charge in [0, 0.05) is 23.8 Å². The van der Waals surface area contributed by atoms with E-state index in [-0.39, 0.29) is 5.82 Å². The van der Waals surface area contributed by atoms with Crippen molar-refractivity contribution in [3.05, 3.63) is 58.3 Å². The quantitative estimate of drug-likeness (QED) is 0.748. The lowest BCUT2D eigenvalue weighted by molar-refractivity contribution is 0.628. The van der Waals surface area contributed by atoms with Gasteiger partial charge in [-0.3, -0.25) is 0 Å². The maximum Gasteiger partial charge on any atom is 0.125 e. The van der Waals surface area contributed by atoms with E-state index in [1.807, 2.05) is 18.0 Å². The summed E-state index contributed by atoms with van der Waals surface area (Å²) in [5.74, 6) is -0.226. The summed E-state index contributed by atoms with van der Waals surface area (Å²) in [4.78, 5) is 1.97. The molecule has 0 unspecified atom stereocenters. The largest absolute Gasteiger partial charge is 0.344 e. The molecule has 0 bridgehead atoms. The van der Waals surface area contributed by atoms with Crippen molar-refractivity contribution in [2.75, 3.05) is 18.5 Å². The molecule has 0 aliphatic heterocycles. The van der Waals surface area contributed by atoms with Crippen LogP contribution in [-0.2, 0) is 6.54 Å². The van der Waals surface area contributed by atoms with Gasteiger partial charge in [0.1, 0.15) is 5.82 Å². The minimum absolute atomic E-state index is 0.226. The smallest absolute Gasteiger partial charge is 0.125 e. The number of benzene rings is 2. The second-order valence-electron chi connectivity index (χ2n) is 5.00. The molecule has 112 valence electrons. The van der Waals surface area contributed by atoms with Crippen LogP contribution in [0.3, 0.4) is 0 Å². The number of anilines is 2. The summed E-state index contributed by atoms with van der Waals surface area (Å²) in [6.07, 6.45) is 1.13. The van der Waals surface area contributed by atoms with E-state index in [4.69, 9.17) is 0 Å². The van der Waals surface area contributed by atoms with Gasteiger partial charge >= 0.3 is 0 Å². The Hall–Kier alpha value is -1.39. The van der Waals surface area contributed by atoms with Gasteiger partial charge in [0.15, 0.2) is 0 Å². The second kappa shape index (κ2) is 7.57. The van der Waals surface area contributed by atoms with Gasteiger partial charge in [0.25, 0.3) is 0 Å². The highest BCUT2D eigenvalue weighted by Crippen LogP contribution is 2.31. The molecule has 0 aromatic heterocycles. The van der Waals surface area contributed by atoms with Crippen molar-refractivity contribution in [1.82, 2.24) is 5.32 Å². The Kier molecular flexibility index (Phi) is 5.76. The Morgan fingerprint density at radius 1 is 1.19 bits per heavy atom. The maximum atomic E-state index is 13.3. The highest BCUT2D eigenvalue weighted by molar-refractivity contribution is 9.10. The van der Waals surface area contributed by atoms with Gasteiger partial charge in [0.2, 0.25) is 0 Å². The van der Waals surface area contributed by atoms with Crippen LogP contribution in [-0.4, -0.2) is 13.6 Å². The maximum absolute atomic E-state index is 13.3. The van der Waals surface area contributed by atoms with E-state index in [0.29, 0.717) is 0 Å². The van der Waals surface area contributed by atoms with E-state index in [0.717, 1.165) is 35.4 Å². The van der Waals surface area contributed by atoms with Crippen LogP contribution in [0.2, 0.25) is 0 Å². The topological polar surface area (TPSA) is 15.3 Å². The van der Waals surface area contributed by atoms with Crippen LogP contribution in [0.1, 0.15) is 18.9 Å². The first-order valence-corrected chi connectivity index (χ1v) is 7.89. The highest BCUT2D eigenvalue weighted by atomic mass is 79.9. The van der Waals surface area contributed by atoms with Crippen molar-refractivity contribution in [3.8, 4) is 0 Å². The molecule has 0 radical (unpaired) electrons. The first-order chi connectivity index (χ1) is 10.1. The molecule has 4 heteroatoms. The van der Waals surface area contributed by atoms with Gasteiger partial charge in [-0.15, -0.1) is 0 Å². The van der Waals surface area contributed by atoms with Crippen LogP contribution in [0.25, 0.3) is 0 Å². The zero-order valence-electron chi connectivity index (χ0n) is 12.4. The lowest BCUT2D eigenvalue weighted by Crippen LogP contribution is -2.14. The molecule has 2 aromatic carbocycles. The van der Waals surface area contributed by atoms with Gasteiger partial charge in [0.05, 0.1) is 5.69 Å². The lowest BCUT2D eigenvalue weighted by atomic mass is 10.2. The number of nitrogens with zero attached hydrogens (tertiary/aromatic N) is 1. The Morgan fingerprint density at radius 3 is 2.67 bits per heavy atom. The van der Waals surface area contributed by atoms with E-state index >= 15 is 0 Å². The number of rotatable bonds is 6. The van der Waals surface area contributed by atoms with Crippen molar-refractivity contribution >= 4 is 27.3 Å². The molecule has 0 heterocycles. The van der Waals surface area contributed by atoms with E-state index in [1.54, 1.807) is 6.07 Å². The summed E-state index contributed by atoms with van der Waals surface area (Å²) in [6.45, 7) is 4.03. The van der Waals surface area contributed by atoms with E-state index < -0.39 is 0 Å². The van der Waals surface area contributed by atoms with Crippen molar-refractivity contribution < 1.29 is 4.39 Å². The molecule has 0 amide bonds. The highest BCUT2D eigenvalue weighted by Gasteiger charge is 2.09. The standard InChI is InChI=1S/C17H20BrFN2/c1-3-9-20-12-13-7-8-17(16(18)10-13)21(2)15-6-4-5-14(19)11-15/h4-8,10-11,20H,3,9,12H2,1-2H3. The average Bonchev–Trinajstić information content (AvgIpc) is 2.47. The summed E-state index contributed by atoms with van der Waals surface area (Å²) < 4.78 is 14.3. The molecule has 0 atom stereocenters. The van der Waals surface area contributed by atoms with Crippen molar-refractivity contribution in [1.29, 1.82) is 0 Å². The predicted molar refractivity (Wildman–Crippen MR) is 90.6 cm³/mol. The van der Waals surface area contributed by atoms with E-state index in [2.05, 4.69) is 46.4 Å². The molecular weight excluding hydrogens is 331 g/mol. The summed E-state index contributed by atoms with van der Waals surface area (Å²) >= 11 is 3.61. The van der Waals surface area contributed by atoms with Crippen LogP contribution in [0.5, 0.6) is 0 Å². The molecule has 2 aromatic rings. The number of hydrogen-bond acceptors (Lipinski definition) is 2. The molecule has 0 aliphatic carbocycles. The number of halogens is 2. The van der Waals surface area contributed by atoms with Crippen LogP contribution < -0.4 is 10.2 Å². The summed E-state index contributed by atoms with van der Waals surface area (Å²) in [6, 6.07) is 12.9. The second-order valence-corrected chi connectivity index (χ2v) is 5.86. The monoisotopic (exact) mass is 350 g/mol. The third-order valence-corrected chi connectivity index (χ3v) is 3.96. The third-order valence-electron chi connectivity index (χ3n) is 3.32. The first kappa shape index (κ1) is 16.0. The fourth-order valence-electron chi connectivity index (χ4n) is 2.17. The molecular formula is C17H20BrFN2. The summed E-state index contributed by atoms with van der Waals surface area (Å²) in [7, 11) is 1.93. The zero-order chi connectivity index (χ0) is 15.2. The van der Waals surface area contributed by atoms with Crippen LogP contribution >= 0.6 is 15.9 Å². The Balaban J connectivity index is 2.16. The zero-order valence-corrected chi connectivity index (χ0v) is 14.0. The van der Waals surface area contributed by atoms with Crippen molar-refractivity contribution in [2.45, 2.75) is 19.9 Å². The van der Waals surface area contributed by atoms with Crippen LogP contribution in [0.15, 0.2) is 46.9 Å². The van der Waals surface area contributed by atoms with Crippen LogP contribution in [0.4, 0.5) is 15.8 Å². The molecule has 0 spiro atoms. The van der Waals surface area contributed by atoms with E-state index in [1.165, 1.54) is 17.7 Å². The molecule has 0 saturated carbocycles. The Labute approximate surface area is 134 Å². The Bertz CT molecular complexity index is 601. The van der Waals surface area contributed by atoms with Gasteiger partial charge in [-0.25, -0.2) is 4.39 Å². The molecule has 2 rings (SSSR count). The van der Waals surface area contributed by atoms with Crippen LogP contribution in [0, 0.1) is 5.82 Å². The molecule has 2 nitrogen and oxygen atoms in total. The third kappa shape index (κ3) is 4.29. The van der Waals surface area contributed by atoms with Crippen molar-refractivity contribution in [3.63, 3.8) is 0 Å². The van der Waals surface area contributed by atoms with E-state index in [9.17, 15) is 4.39 Å². The molecule has 21 heavy (non-hydrogen) atoms. The lowest BCUT2D eigenvalue weighted by Gasteiger charge is -2.21. The SMILES string of the molecule is CCCNCc1ccc(N(C)c2cccc(F)c2)c(Br)c1. The molecule has 0 aliphatic rings. The average molecular weight is 351 g/mol. The van der Waals surface area contributed by atoms with Gasteiger partial charge < -0.3 is 10.2 Å². The van der Waals surface area contributed by atoms with Crippen molar-refractivity contribution in [2.24, 2.45) is 0 Å². The molecule has 1 N–H and O–H groups in total. The summed E-state index contributed by atoms with van der Waals surface area (Å²) in [5, 5.41) is 3.38. The fraction of sp³-hybridized carbons (Fsp3) is 0.294. The Morgan fingerprint density at radius 2 is 2.00 bits per heavy atom. The molecule has 0 saturated heterocycles. The fourth-order valence-corrected chi connectivity index (χ4v) is 2.86. The molecule has 0 fully saturated rings. The minimum atomic E-state index is -0.226. The minimum Gasteiger partial charge on any atom is -0.344 e. The predicted octanol–water partition coefficient (Wildman–Crippen LogP) is 4.86. The summed E-state index contributed by atoms with van der Waals surface area (Å²) in [5.41, 5.74) is 3.07. The van der Waals surface area contributed by atoms with Gasteiger partial charge in [-0.1, -0.05) is 19.1 Å². The van der Waals surface area contributed by atoms with Gasteiger partial charge in [-0.2, -0.15) is 0 Å². The first-order valence-electron chi connectivity index (χ1n) is 7.10. The van der Waals surface area contributed by atoms with Gasteiger partial charge in [-0.05, 0) is 64.8 Å². The number of hydrogen-bond donors (Lipinski definition) is 1.